The number of nitrogens with zero attached hydrogens (tertiary/aromatic N) is 3. The van der Waals surface area contributed by atoms with E-state index in [4.69, 9.17) is 9.47 Å². The van der Waals surface area contributed by atoms with Gasteiger partial charge < -0.3 is 14.4 Å². The van der Waals surface area contributed by atoms with Gasteiger partial charge in [-0.15, -0.1) is 11.3 Å². The maximum atomic E-state index is 13.4. The number of aryl methyl sites for hydroxylation is 2. The fourth-order valence-corrected chi connectivity index (χ4v) is 7.90. The van der Waals surface area contributed by atoms with E-state index < -0.39 is 10.0 Å². The van der Waals surface area contributed by atoms with Crippen molar-refractivity contribution in [3.63, 3.8) is 0 Å². The highest BCUT2D eigenvalue weighted by Crippen LogP contribution is 2.36. The zero-order chi connectivity index (χ0) is 26.9. The van der Waals surface area contributed by atoms with Crippen LogP contribution in [-0.2, 0) is 20.5 Å². The molecule has 2 aliphatic rings. The van der Waals surface area contributed by atoms with Gasteiger partial charge in [0, 0.05) is 30.8 Å². The summed E-state index contributed by atoms with van der Waals surface area (Å²) in [7, 11) is -1.92. The second-order valence-electron chi connectivity index (χ2n) is 10.0. The van der Waals surface area contributed by atoms with Crippen molar-refractivity contribution in [3.8, 4) is 5.75 Å². The van der Waals surface area contributed by atoms with Crippen LogP contribution in [-0.4, -0.2) is 67.5 Å². The van der Waals surface area contributed by atoms with Crippen LogP contribution in [0.25, 0.3) is 0 Å². The summed E-state index contributed by atoms with van der Waals surface area (Å²) in [6.07, 6.45) is 2.67. The van der Waals surface area contributed by atoms with Crippen LogP contribution in [0.4, 0.5) is 0 Å². The number of carbonyl (C=O) groups is 1. The number of amides is 1. The smallest absolute Gasteiger partial charge is 0.254 e. The summed E-state index contributed by atoms with van der Waals surface area (Å²) in [5.41, 5.74) is 3.31. The minimum Gasteiger partial charge on any atom is -0.486 e. The third-order valence-corrected chi connectivity index (χ3v) is 9.99. The van der Waals surface area contributed by atoms with Gasteiger partial charge in [0.05, 0.1) is 24.9 Å². The van der Waals surface area contributed by atoms with Crippen molar-refractivity contribution in [2.24, 2.45) is 0 Å². The molecule has 3 atom stereocenters. The Morgan fingerprint density at radius 1 is 1.13 bits per heavy atom. The Labute approximate surface area is 228 Å². The zero-order valence-corrected chi connectivity index (χ0v) is 23.5. The number of hydrogen-bond acceptors (Lipinski definition) is 7. The topological polar surface area (TPSA) is 89.0 Å². The molecule has 1 aromatic heterocycles. The van der Waals surface area contributed by atoms with Crippen LogP contribution in [0, 0.1) is 13.8 Å². The first-order valence-corrected chi connectivity index (χ1v) is 15.3. The molecule has 2 fully saturated rings. The van der Waals surface area contributed by atoms with Gasteiger partial charge in [-0.1, -0.05) is 29.8 Å². The van der Waals surface area contributed by atoms with E-state index in [1.807, 2.05) is 43.5 Å². The maximum absolute atomic E-state index is 13.4. The number of aromatic nitrogens is 1. The molecule has 202 valence electrons. The summed E-state index contributed by atoms with van der Waals surface area (Å²) in [4.78, 5) is 19.4. The minimum atomic E-state index is -3.54. The van der Waals surface area contributed by atoms with E-state index in [9.17, 15) is 13.2 Å². The summed E-state index contributed by atoms with van der Waals surface area (Å²) >= 11 is 1.49. The highest BCUT2D eigenvalue weighted by atomic mass is 32.2. The molecule has 5 rings (SSSR count). The van der Waals surface area contributed by atoms with Crippen LogP contribution < -0.4 is 4.74 Å². The van der Waals surface area contributed by atoms with Gasteiger partial charge in [-0.25, -0.2) is 13.4 Å². The van der Waals surface area contributed by atoms with Gasteiger partial charge in [-0.05, 0) is 56.0 Å². The molecule has 1 amide bonds. The Kier molecular flexibility index (Phi) is 7.85. The molecule has 0 bridgehead atoms. The molecule has 0 radical (unpaired) electrons. The fourth-order valence-electron chi connectivity index (χ4n) is 5.28. The molecular weight excluding hydrogens is 522 g/mol. The lowest BCUT2D eigenvalue weighted by atomic mass is 10.0. The van der Waals surface area contributed by atoms with E-state index in [0.717, 1.165) is 29.0 Å². The summed E-state index contributed by atoms with van der Waals surface area (Å²) in [5, 5.41) is 2.72. The average Bonchev–Trinajstić information content (AvgIpc) is 3.65. The van der Waals surface area contributed by atoms with Crippen LogP contribution in [0.5, 0.6) is 5.75 Å². The molecule has 0 spiro atoms. The van der Waals surface area contributed by atoms with E-state index in [1.165, 1.54) is 11.3 Å². The molecular formula is C28H33N3O5S2. The SMILES string of the molecule is CO[C@@H]1CN(C(=O)c2cc(C)ccc2C)C[C@H]1Oc1cccc(CS(=O)(=O)N2CCCC2c2nccs2)c1. The first kappa shape index (κ1) is 26.8. The molecule has 2 saturated heterocycles. The molecule has 2 aliphatic heterocycles. The molecule has 0 aliphatic carbocycles. The number of thiazole rings is 1. The van der Waals surface area contributed by atoms with Gasteiger partial charge >= 0.3 is 0 Å². The number of likely N-dealkylation sites (tertiary alicyclic amines) is 1. The largest absolute Gasteiger partial charge is 0.486 e. The monoisotopic (exact) mass is 555 g/mol. The van der Waals surface area contributed by atoms with Gasteiger partial charge in [0.2, 0.25) is 10.0 Å². The van der Waals surface area contributed by atoms with Crippen molar-refractivity contribution in [2.45, 2.75) is 50.7 Å². The van der Waals surface area contributed by atoms with Crippen molar-refractivity contribution in [2.75, 3.05) is 26.7 Å². The van der Waals surface area contributed by atoms with Crippen LogP contribution in [0.1, 0.15) is 50.9 Å². The molecule has 0 N–H and O–H groups in total. The maximum Gasteiger partial charge on any atom is 0.254 e. The predicted molar refractivity (Wildman–Crippen MR) is 147 cm³/mol. The van der Waals surface area contributed by atoms with Gasteiger partial charge in [-0.2, -0.15) is 4.31 Å². The summed E-state index contributed by atoms with van der Waals surface area (Å²) in [5.74, 6) is 0.407. The van der Waals surface area contributed by atoms with Gasteiger partial charge in [0.1, 0.15) is 23.0 Å². The number of methoxy groups -OCH3 is 1. The van der Waals surface area contributed by atoms with E-state index >= 15 is 0 Å². The van der Waals surface area contributed by atoms with Gasteiger partial charge in [0.25, 0.3) is 5.91 Å². The number of ether oxygens (including phenoxy) is 2. The van der Waals surface area contributed by atoms with E-state index in [2.05, 4.69) is 4.98 Å². The Bertz CT molecular complexity index is 1390. The van der Waals surface area contributed by atoms with Gasteiger partial charge in [-0.3, -0.25) is 4.79 Å². The lowest BCUT2D eigenvalue weighted by Gasteiger charge is -2.23. The number of rotatable bonds is 8. The predicted octanol–water partition coefficient (Wildman–Crippen LogP) is 4.35. The summed E-state index contributed by atoms with van der Waals surface area (Å²) < 4.78 is 40.3. The first-order valence-electron chi connectivity index (χ1n) is 12.8. The minimum absolute atomic E-state index is 0.0420. The van der Waals surface area contributed by atoms with Crippen molar-refractivity contribution >= 4 is 27.3 Å². The highest BCUT2D eigenvalue weighted by Gasteiger charge is 2.39. The molecule has 2 aromatic carbocycles. The summed E-state index contributed by atoms with van der Waals surface area (Å²) in [6, 6.07) is 12.9. The van der Waals surface area contributed by atoms with Crippen LogP contribution in [0.2, 0.25) is 0 Å². The zero-order valence-electron chi connectivity index (χ0n) is 21.9. The van der Waals surface area contributed by atoms with Crippen LogP contribution in [0.3, 0.4) is 0 Å². The normalized spacial score (nSPS) is 22.2. The second-order valence-corrected chi connectivity index (χ2v) is 12.8. The van der Waals surface area contributed by atoms with Crippen molar-refractivity contribution in [1.82, 2.24) is 14.2 Å². The fraction of sp³-hybridized carbons (Fsp3) is 0.429. The number of carbonyl (C=O) groups excluding carboxylic acids is 1. The quantitative estimate of drug-likeness (QED) is 0.411. The van der Waals surface area contributed by atoms with E-state index in [1.54, 1.807) is 40.7 Å². The molecule has 10 heteroatoms. The van der Waals surface area contributed by atoms with Gasteiger partial charge in [0.15, 0.2) is 0 Å². The van der Waals surface area contributed by atoms with Crippen molar-refractivity contribution in [1.29, 1.82) is 0 Å². The number of hydrogen-bond donors (Lipinski definition) is 0. The Balaban J connectivity index is 1.28. The van der Waals surface area contributed by atoms with Crippen LogP contribution >= 0.6 is 11.3 Å². The molecule has 3 aromatic rings. The number of sulfonamides is 1. The van der Waals surface area contributed by atoms with Crippen molar-refractivity contribution < 1.29 is 22.7 Å². The van der Waals surface area contributed by atoms with E-state index in [0.29, 0.717) is 36.5 Å². The molecule has 0 saturated carbocycles. The van der Waals surface area contributed by atoms with Crippen molar-refractivity contribution in [3.05, 3.63) is 81.3 Å². The Morgan fingerprint density at radius 3 is 2.71 bits per heavy atom. The lowest BCUT2D eigenvalue weighted by Crippen LogP contribution is -2.32. The first-order chi connectivity index (χ1) is 18.2. The average molecular weight is 556 g/mol. The highest BCUT2D eigenvalue weighted by molar-refractivity contribution is 7.88. The Hall–Kier alpha value is -2.79. The van der Waals surface area contributed by atoms with Crippen LogP contribution in [0.15, 0.2) is 54.0 Å². The second kappa shape index (κ2) is 11.1. The molecule has 8 nitrogen and oxygen atoms in total. The number of benzene rings is 2. The molecule has 3 heterocycles. The molecule has 38 heavy (non-hydrogen) atoms. The third-order valence-electron chi connectivity index (χ3n) is 7.26. The Morgan fingerprint density at radius 2 is 1.95 bits per heavy atom. The standard InChI is InChI=1S/C28H33N3O5S2/c1-19-9-10-20(2)23(14-19)28(32)30-16-25(35-3)26(17-30)36-22-7-4-6-21(15-22)18-38(33,34)31-12-5-8-24(31)27-29-11-13-37-27/h4,6-7,9-11,13-15,24-26H,5,8,12,16-18H2,1-3H3/t24?,25-,26-/m1/s1. The van der Waals surface area contributed by atoms with E-state index in [-0.39, 0.29) is 29.9 Å². The third kappa shape index (κ3) is 5.63. The molecule has 1 unspecified atom stereocenters. The lowest BCUT2D eigenvalue weighted by molar-refractivity contribution is 0.0339. The summed E-state index contributed by atoms with van der Waals surface area (Å²) in [6.45, 7) is 5.22.